The second-order valence-corrected chi connectivity index (χ2v) is 8.73. The molecule has 2 saturated heterocycles. The van der Waals surface area contributed by atoms with Crippen molar-refractivity contribution in [2.75, 3.05) is 4.90 Å². The molecule has 0 radical (unpaired) electrons. The molecule has 2 amide bonds. The number of nitrogens with zero attached hydrogens (tertiary/aromatic N) is 1. The second-order valence-electron chi connectivity index (χ2n) is 8.73. The van der Waals surface area contributed by atoms with Crippen molar-refractivity contribution in [1.82, 2.24) is 5.32 Å². The Labute approximate surface area is 153 Å². The summed E-state index contributed by atoms with van der Waals surface area (Å²) in [5, 5.41) is 2.45. The number of amides is 2. The Hall–Kier alpha value is -2.43. The molecule has 0 saturated carbocycles. The van der Waals surface area contributed by atoms with Crippen LogP contribution in [0.25, 0.3) is 5.57 Å². The largest absolute Gasteiger partial charge is 0.353 e. The highest BCUT2D eigenvalue weighted by Crippen LogP contribution is 2.49. The Morgan fingerprint density at radius 2 is 1.73 bits per heavy atom. The van der Waals surface area contributed by atoms with Crippen LogP contribution >= 0.6 is 0 Å². The molecule has 1 N–H and O–H groups in total. The van der Waals surface area contributed by atoms with Crippen LogP contribution < -0.4 is 10.2 Å². The zero-order chi connectivity index (χ0) is 19.0. The van der Waals surface area contributed by atoms with Gasteiger partial charge in [-0.25, -0.2) is 0 Å². The number of ketones is 1. The summed E-state index contributed by atoms with van der Waals surface area (Å²) in [5.41, 5.74) is 3.64. The van der Waals surface area contributed by atoms with Crippen molar-refractivity contribution in [3.63, 3.8) is 0 Å². The van der Waals surface area contributed by atoms with Crippen LogP contribution in [0.3, 0.4) is 0 Å². The van der Waals surface area contributed by atoms with Crippen LogP contribution in [0.15, 0.2) is 24.3 Å². The number of nitrogens with one attached hydrogen (secondary N) is 1. The van der Waals surface area contributed by atoms with E-state index in [-0.39, 0.29) is 23.6 Å². The zero-order valence-electron chi connectivity index (χ0n) is 15.8. The highest BCUT2D eigenvalue weighted by Gasteiger charge is 2.62. The number of anilines is 1. The van der Waals surface area contributed by atoms with Gasteiger partial charge in [0, 0.05) is 16.7 Å². The molecule has 5 nitrogen and oxygen atoms in total. The minimum absolute atomic E-state index is 0.000622. The van der Waals surface area contributed by atoms with Gasteiger partial charge in [-0.2, -0.15) is 0 Å². The molecule has 3 aliphatic rings. The molecule has 0 bridgehead atoms. The average Bonchev–Trinajstić information content (AvgIpc) is 3.02. The van der Waals surface area contributed by atoms with Crippen LogP contribution in [0.5, 0.6) is 0 Å². The summed E-state index contributed by atoms with van der Waals surface area (Å²) in [5.74, 6) is -1.73. The number of benzene rings is 1. The van der Waals surface area contributed by atoms with Gasteiger partial charge < -0.3 is 4.90 Å². The van der Waals surface area contributed by atoms with Crippen molar-refractivity contribution in [1.29, 1.82) is 0 Å². The number of imide groups is 1. The summed E-state index contributed by atoms with van der Waals surface area (Å²) in [7, 11) is 0. The number of allylic oxidation sites excluding steroid dienone is 1. The number of rotatable bonds is 1. The lowest BCUT2D eigenvalue weighted by Crippen LogP contribution is -2.51. The van der Waals surface area contributed by atoms with E-state index in [1.54, 1.807) is 0 Å². The predicted octanol–water partition coefficient (Wildman–Crippen LogP) is 2.47. The molecule has 0 unspecified atom stereocenters. The van der Waals surface area contributed by atoms with E-state index in [2.05, 4.69) is 11.4 Å². The van der Waals surface area contributed by atoms with Crippen LogP contribution in [-0.2, 0) is 14.4 Å². The highest BCUT2D eigenvalue weighted by molar-refractivity contribution is 6.12. The molecule has 0 spiro atoms. The molecule has 4 atom stereocenters. The summed E-state index contributed by atoms with van der Waals surface area (Å²) < 4.78 is 0. The van der Waals surface area contributed by atoms with Gasteiger partial charge in [0.25, 0.3) is 0 Å². The Kier molecular flexibility index (Phi) is 3.46. The van der Waals surface area contributed by atoms with E-state index in [4.69, 9.17) is 0 Å². The fourth-order valence-corrected chi connectivity index (χ4v) is 4.62. The molecule has 136 valence electrons. The SMILES string of the molecule is CC1=C[C@@H]2[C@@H]3C(=O)NC(=O)[C@H]3[C@H](C(=O)C(C)(C)C)N2c2ccc(C)cc21. The maximum Gasteiger partial charge on any atom is 0.233 e. The topological polar surface area (TPSA) is 66.5 Å². The predicted molar refractivity (Wildman–Crippen MR) is 99.5 cm³/mol. The van der Waals surface area contributed by atoms with E-state index in [1.165, 1.54) is 0 Å². The van der Waals surface area contributed by atoms with Crippen molar-refractivity contribution in [2.24, 2.45) is 17.3 Å². The van der Waals surface area contributed by atoms with Crippen molar-refractivity contribution in [3.8, 4) is 0 Å². The molecule has 3 heterocycles. The first kappa shape index (κ1) is 17.0. The van der Waals surface area contributed by atoms with Gasteiger partial charge in [-0.3, -0.25) is 19.7 Å². The molecule has 1 aromatic carbocycles. The first-order valence-electron chi connectivity index (χ1n) is 9.08. The van der Waals surface area contributed by atoms with Gasteiger partial charge in [-0.1, -0.05) is 38.5 Å². The van der Waals surface area contributed by atoms with Crippen molar-refractivity contribution in [2.45, 2.75) is 46.7 Å². The maximum atomic E-state index is 13.3. The van der Waals surface area contributed by atoms with E-state index in [9.17, 15) is 14.4 Å². The molecular formula is C21H24N2O3. The highest BCUT2D eigenvalue weighted by atomic mass is 16.2. The number of fused-ring (bicyclic) bond motifs is 5. The number of aryl methyl sites for hydroxylation is 1. The van der Waals surface area contributed by atoms with E-state index in [0.29, 0.717) is 0 Å². The second kappa shape index (κ2) is 5.29. The first-order chi connectivity index (χ1) is 12.1. The monoisotopic (exact) mass is 352 g/mol. The van der Waals surface area contributed by atoms with Crippen LogP contribution in [0.1, 0.15) is 38.8 Å². The van der Waals surface area contributed by atoms with Gasteiger partial charge in [-0.15, -0.1) is 0 Å². The van der Waals surface area contributed by atoms with Crippen molar-refractivity contribution >= 4 is 28.9 Å². The first-order valence-corrected chi connectivity index (χ1v) is 9.08. The number of carbonyl (C=O) groups excluding carboxylic acids is 3. The van der Waals surface area contributed by atoms with E-state index in [1.807, 2.05) is 57.7 Å². The minimum atomic E-state index is -0.629. The van der Waals surface area contributed by atoms with E-state index in [0.717, 1.165) is 22.4 Å². The van der Waals surface area contributed by atoms with Crippen LogP contribution in [0, 0.1) is 24.2 Å². The summed E-state index contributed by atoms with van der Waals surface area (Å²) in [6.07, 6.45) is 2.05. The molecule has 0 aliphatic carbocycles. The molecule has 26 heavy (non-hydrogen) atoms. The summed E-state index contributed by atoms with van der Waals surface area (Å²) in [6, 6.07) is 5.25. The van der Waals surface area contributed by atoms with Crippen molar-refractivity contribution in [3.05, 3.63) is 35.4 Å². The van der Waals surface area contributed by atoms with Gasteiger partial charge in [0.05, 0.1) is 17.9 Å². The Balaban J connectivity index is 1.93. The molecule has 3 aliphatic heterocycles. The molecule has 0 aromatic heterocycles. The smallest absolute Gasteiger partial charge is 0.233 e. The summed E-state index contributed by atoms with van der Waals surface area (Å²) in [6.45, 7) is 9.67. The lowest BCUT2D eigenvalue weighted by molar-refractivity contribution is -0.132. The van der Waals surface area contributed by atoms with Gasteiger partial charge in [0.1, 0.15) is 6.04 Å². The third-order valence-corrected chi connectivity index (χ3v) is 5.85. The zero-order valence-corrected chi connectivity index (χ0v) is 15.8. The minimum Gasteiger partial charge on any atom is -0.353 e. The number of carbonyl (C=O) groups is 3. The fourth-order valence-electron chi connectivity index (χ4n) is 4.62. The van der Waals surface area contributed by atoms with Crippen LogP contribution in [0.4, 0.5) is 5.69 Å². The Morgan fingerprint density at radius 3 is 2.38 bits per heavy atom. The lowest BCUT2D eigenvalue weighted by atomic mass is 9.79. The number of hydrogen-bond donors (Lipinski definition) is 1. The number of Topliss-reactive ketones (excluding diaryl/α,β-unsaturated/α-hetero) is 1. The molecule has 4 rings (SSSR count). The summed E-state index contributed by atoms with van der Waals surface area (Å²) >= 11 is 0. The summed E-state index contributed by atoms with van der Waals surface area (Å²) in [4.78, 5) is 40.4. The Morgan fingerprint density at radius 1 is 1.08 bits per heavy atom. The molecule has 2 fully saturated rings. The molecular weight excluding hydrogens is 328 g/mol. The quantitative estimate of drug-likeness (QED) is 0.789. The van der Waals surface area contributed by atoms with Gasteiger partial charge in [0.2, 0.25) is 11.8 Å². The van der Waals surface area contributed by atoms with Gasteiger partial charge in [0.15, 0.2) is 5.78 Å². The molecule has 5 heteroatoms. The van der Waals surface area contributed by atoms with Crippen LogP contribution in [0.2, 0.25) is 0 Å². The Bertz CT molecular complexity index is 878. The third-order valence-electron chi connectivity index (χ3n) is 5.85. The normalized spacial score (nSPS) is 29.7. The molecule has 1 aromatic rings. The third kappa shape index (κ3) is 2.19. The van der Waals surface area contributed by atoms with Crippen molar-refractivity contribution < 1.29 is 14.4 Å². The van der Waals surface area contributed by atoms with Gasteiger partial charge >= 0.3 is 0 Å². The lowest BCUT2D eigenvalue weighted by Gasteiger charge is -2.39. The van der Waals surface area contributed by atoms with E-state index < -0.39 is 23.3 Å². The average molecular weight is 352 g/mol. The van der Waals surface area contributed by atoms with Crippen LogP contribution in [-0.4, -0.2) is 29.7 Å². The standard InChI is InChI=1S/C21H24N2O3/c1-10-6-7-13-12(8-10)11(2)9-14-15-16(20(26)22-19(15)25)17(23(13)14)18(24)21(3,4)5/h6-9,14-17H,1-5H3,(H,22,25,26)/t14-,15+,16-,17-/m1/s1. The number of hydrogen-bond acceptors (Lipinski definition) is 4. The van der Waals surface area contributed by atoms with Gasteiger partial charge in [-0.05, 0) is 31.6 Å². The van der Waals surface area contributed by atoms with E-state index >= 15 is 0 Å². The fraction of sp³-hybridized carbons (Fsp3) is 0.476. The maximum absolute atomic E-state index is 13.3.